The Morgan fingerprint density at radius 1 is 0.944 bits per heavy atom. The lowest BCUT2D eigenvalue weighted by molar-refractivity contribution is -0.120. The summed E-state index contributed by atoms with van der Waals surface area (Å²) in [6.45, 7) is 4.02. The van der Waals surface area contributed by atoms with Crippen LogP contribution in [0.25, 0.3) is 0 Å². The normalized spacial score (nSPS) is 27.7. The SMILES string of the molecule is CC(C)C[C@@H](NC(=O)CN(c1ccc(C23CC4CC(CC(C4)C2)C3)cc1)S(C)(=O)=O)c1ccccc1. The van der Waals surface area contributed by atoms with Gasteiger partial charge in [-0.05, 0) is 97.3 Å². The lowest BCUT2D eigenvalue weighted by atomic mass is 9.48. The van der Waals surface area contributed by atoms with Crippen LogP contribution >= 0.6 is 0 Å². The Morgan fingerprint density at radius 3 is 2.00 bits per heavy atom. The number of sulfonamides is 1. The molecular formula is C30H40N2O3S. The van der Waals surface area contributed by atoms with E-state index in [1.165, 1.54) is 54.6 Å². The van der Waals surface area contributed by atoms with Crippen molar-refractivity contribution in [2.24, 2.45) is 23.7 Å². The standard InChI is InChI=1S/C30H40N2O3S/c1-21(2)13-28(25-7-5-4-6-8-25)31-29(33)20-32(36(3,34)35)27-11-9-26(10-12-27)30-17-22-14-23(18-30)16-24(15-22)19-30/h4-12,21-24,28H,13-20H2,1-3H3,(H,31,33)/t22?,23?,24?,28-,30?/m1/s1. The number of rotatable bonds is 9. The number of carbonyl (C=O) groups excluding carboxylic acids is 1. The lowest BCUT2D eigenvalue weighted by Gasteiger charge is -2.57. The van der Waals surface area contributed by atoms with Crippen LogP contribution in [0.15, 0.2) is 54.6 Å². The monoisotopic (exact) mass is 508 g/mol. The van der Waals surface area contributed by atoms with E-state index < -0.39 is 10.0 Å². The predicted octanol–water partition coefficient (Wildman–Crippen LogP) is 5.82. The van der Waals surface area contributed by atoms with Crippen molar-refractivity contribution in [3.8, 4) is 0 Å². The van der Waals surface area contributed by atoms with Gasteiger partial charge in [0, 0.05) is 0 Å². The Labute approximate surface area is 216 Å². The first-order valence-electron chi connectivity index (χ1n) is 13.5. The summed E-state index contributed by atoms with van der Waals surface area (Å²) in [5.74, 6) is 2.67. The smallest absolute Gasteiger partial charge is 0.241 e. The number of amides is 1. The summed E-state index contributed by atoms with van der Waals surface area (Å²) < 4.78 is 26.7. The third-order valence-electron chi connectivity index (χ3n) is 8.74. The van der Waals surface area contributed by atoms with E-state index in [1.54, 1.807) is 0 Å². The predicted molar refractivity (Wildman–Crippen MR) is 145 cm³/mol. The number of hydrogen-bond acceptors (Lipinski definition) is 3. The second kappa shape index (κ2) is 9.85. The van der Waals surface area contributed by atoms with Gasteiger partial charge in [0.05, 0.1) is 18.0 Å². The van der Waals surface area contributed by atoms with Crippen LogP contribution in [0.1, 0.15) is 76.0 Å². The van der Waals surface area contributed by atoms with Gasteiger partial charge >= 0.3 is 0 Å². The molecule has 0 spiro atoms. The zero-order valence-corrected chi connectivity index (χ0v) is 22.6. The van der Waals surface area contributed by atoms with E-state index in [0.717, 1.165) is 29.7 Å². The molecule has 5 nitrogen and oxygen atoms in total. The molecule has 4 aliphatic carbocycles. The van der Waals surface area contributed by atoms with Gasteiger partial charge in [0.25, 0.3) is 0 Å². The van der Waals surface area contributed by atoms with E-state index in [1.807, 2.05) is 42.5 Å². The molecule has 0 aromatic heterocycles. The van der Waals surface area contributed by atoms with E-state index in [2.05, 4.69) is 31.3 Å². The molecule has 6 rings (SSSR count). The van der Waals surface area contributed by atoms with Crippen LogP contribution in [0.2, 0.25) is 0 Å². The fraction of sp³-hybridized carbons (Fsp3) is 0.567. The topological polar surface area (TPSA) is 66.5 Å². The molecule has 1 amide bonds. The molecule has 1 atom stereocenters. The molecule has 36 heavy (non-hydrogen) atoms. The van der Waals surface area contributed by atoms with Crippen molar-refractivity contribution in [3.63, 3.8) is 0 Å². The van der Waals surface area contributed by atoms with Gasteiger partial charge < -0.3 is 5.32 Å². The van der Waals surface area contributed by atoms with Gasteiger partial charge in [-0.1, -0.05) is 56.3 Å². The van der Waals surface area contributed by atoms with Crippen molar-refractivity contribution in [2.75, 3.05) is 17.1 Å². The Bertz CT molecular complexity index is 1140. The van der Waals surface area contributed by atoms with Crippen molar-refractivity contribution < 1.29 is 13.2 Å². The van der Waals surface area contributed by atoms with Crippen LogP contribution in [-0.4, -0.2) is 27.1 Å². The largest absolute Gasteiger partial charge is 0.348 e. The summed E-state index contributed by atoms with van der Waals surface area (Å²) >= 11 is 0. The highest BCUT2D eigenvalue weighted by molar-refractivity contribution is 7.92. The zero-order valence-electron chi connectivity index (χ0n) is 21.8. The van der Waals surface area contributed by atoms with Crippen LogP contribution in [0.4, 0.5) is 5.69 Å². The van der Waals surface area contributed by atoms with Crippen molar-refractivity contribution in [1.29, 1.82) is 0 Å². The Kier molecular flexibility index (Phi) is 6.92. The molecule has 0 radical (unpaired) electrons. The van der Waals surface area contributed by atoms with E-state index >= 15 is 0 Å². The highest BCUT2D eigenvalue weighted by Gasteiger charge is 2.51. The molecule has 4 fully saturated rings. The van der Waals surface area contributed by atoms with Crippen LogP contribution in [0.5, 0.6) is 0 Å². The molecule has 0 heterocycles. The third kappa shape index (κ3) is 5.34. The highest BCUT2D eigenvalue weighted by atomic mass is 32.2. The van der Waals surface area contributed by atoms with Crippen LogP contribution < -0.4 is 9.62 Å². The van der Waals surface area contributed by atoms with Gasteiger partial charge in [-0.2, -0.15) is 0 Å². The Hall–Kier alpha value is -2.34. The molecule has 2 aromatic rings. The number of nitrogens with zero attached hydrogens (tertiary/aromatic N) is 1. The fourth-order valence-electron chi connectivity index (χ4n) is 7.65. The average molecular weight is 509 g/mol. The number of benzene rings is 2. The van der Waals surface area contributed by atoms with Crippen LogP contribution in [0.3, 0.4) is 0 Å². The summed E-state index contributed by atoms with van der Waals surface area (Å²) in [6.07, 6.45) is 9.97. The summed E-state index contributed by atoms with van der Waals surface area (Å²) in [4.78, 5) is 13.1. The minimum Gasteiger partial charge on any atom is -0.348 e. The first kappa shape index (κ1) is 25.3. The van der Waals surface area contributed by atoms with E-state index in [0.29, 0.717) is 11.6 Å². The summed E-state index contributed by atoms with van der Waals surface area (Å²) in [5.41, 5.74) is 3.20. The zero-order chi connectivity index (χ0) is 25.5. The molecule has 194 valence electrons. The van der Waals surface area contributed by atoms with Crippen molar-refractivity contribution in [3.05, 3.63) is 65.7 Å². The van der Waals surface area contributed by atoms with Gasteiger partial charge in [0.1, 0.15) is 6.54 Å². The molecule has 4 saturated carbocycles. The maximum atomic E-state index is 13.1. The Balaban J connectivity index is 1.33. The second-order valence-corrected chi connectivity index (χ2v) is 14.1. The maximum absolute atomic E-state index is 13.1. The Morgan fingerprint density at radius 2 is 1.50 bits per heavy atom. The minimum absolute atomic E-state index is 0.154. The van der Waals surface area contributed by atoms with Crippen molar-refractivity contribution in [2.45, 2.75) is 70.3 Å². The number of anilines is 1. The van der Waals surface area contributed by atoms with Gasteiger partial charge in [-0.15, -0.1) is 0 Å². The van der Waals surface area contributed by atoms with E-state index in [9.17, 15) is 13.2 Å². The van der Waals surface area contributed by atoms with Gasteiger partial charge in [-0.25, -0.2) is 8.42 Å². The molecule has 0 unspecified atom stereocenters. The third-order valence-corrected chi connectivity index (χ3v) is 9.88. The summed E-state index contributed by atoms with van der Waals surface area (Å²) in [7, 11) is -3.62. The van der Waals surface area contributed by atoms with Crippen LogP contribution in [0, 0.1) is 23.7 Å². The average Bonchev–Trinajstić information content (AvgIpc) is 2.81. The van der Waals surface area contributed by atoms with Crippen molar-refractivity contribution in [1.82, 2.24) is 5.32 Å². The highest BCUT2D eigenvalue weighted by Crippen LogP contribution is 2.60. The maximum Gasteiger partial charge on any atom is 0.241 e. The molecule has 4 aliphatic rings. The lowest BCUT2D eigenvalue weighted by Crippen LogP contribution is -2.48. The van der Waals surface area contributed by atoms with Gasteiger partial charge in [-0.3, -0.25) is 9.10 Å². The molecular weight excluding hydrogens is 468 g/mol. The van der Waals surface area contributed by atoms with E-state index in [-0.39, 0.29) is 23.9 Å². The number of hydrogen-bond donors (Lipinski definition) is 1. The first-order valence-corrected chi connectivity index (χ1v) is 15.4. The summed E-state index contributed by atoms with van der Waals surface area (Å²) in [5, 5.41) is 3.09. The first-order chi connectivity index (χ1) is 17.1. The minimum atomic E-state index is -3.62. The van der Waals surface area contributed by atoms with Gasteiger partial charge in [0.15, 0.2) is 0 Å². The molecule has 0 saturated heterocycles. The van der Waals surface area contributed by atoms with Crippen LogP contribution in [-0.2, 0) is 20.2 Å². The number of nitrogens with one attached hydrogen (secondary N) is 1. The van der Waals surface area contributed by atoms with E-state index in [4.69, 9.17) is 0 Å². The molecule has 0 aliphatic heterocycles. The quantitative estimate of drug-likeness (QED) is 0.464. The molecule has 2 aromatic carbocycles. The number of carbonyl (C=O) groups is 1. The second-order valence-electron chi connectivity index (χ2n) is 12.2. The molecule has 4 bridgehead atoms. The molecule has 1 N–H and O–H groups in total. The van der Waals surface area contributed by atoms with Crippen molar-refractivity contribution >= 4 is 21.6 Å². The van der Waals surface area contributed by atoms with Gasteiger partial charge in [0.2, 0.25) is 15.9 Å². The summed E-state index contributed by atoms with van der Waals surface area (Å²) in [6, 6.07) is 17.8. The fourth-order valence-corrected chi connectivity index (χ4v) is 8.51. The molecule has 6 heteroatoms.